The van der Waals surface area contributed by atoms with Gasteiger partial charge < -0.3 is 9.64 Å². The smallest absolute Gasteiger partial charge is 0.0593 e. The second-order valence-corrected chi connectivity index (χ2v) is 4.88. The van der Waals surface area contributed by atoms with Gasteiger partial charge in [0.15, 0.2) is 0 Å². The third kappa shape index (κ3) is 4.15. The first-order valence-corrected chi connectivity index (χ1v) is 6.69. The summed E-state index contributed by atoms with van der Waals surface area (Å²) in [5.74, 6) is 8.29. The second kappa shape index (κ2) is 6.27. The fourth-order valence-electron chi connectivity index (χ4n) is 2.10. The lowest BCUT2D eigenvalue weighted by Crippen LogP contribution is -2.35. The summed E-state index contributed by atoms with van der Waals surface area (Å²) in [5, 5.41) is 0. The van der Waals surface area contributed by atoms with Gasteiger partial charge in [-0.15, -0.1) is 0 Å². The average Bonchev–Trinajstić information content (AvgIpc) is 3.12. The highest BCUT2D eigenvalue weighted by molar-refractivity contribution is 5.12. The third-order valence-electron chi connectivity index (χ3n) is 3.41. The highest BCUT2D eigenvalue weighted by atomic mass is 16.5. The van der Waals surface area contributed by atoms with Gasteiger partial charge in [0.25, 0.3) is 0 Å². The van der Waals surface area contributed by atoms with Crippen LogP contribution in [0.4, 0.5) is 0 Å². The maximum absolute atomic E-state index is 5.38. The van der Waals surface area contributed by atoms with Gasteiger partial charge in [-0.05, 0) is 45.7 Å². The molecule has 0 N–H and O–H groups in total. The first-order chi connectivity index (χ1) is 7.88. The zero-order valence-electron chi connectivity index (χ0n) is 10.4. The Bertz CT molecular complexity index is 254. The molecule has 1 saturated heterocycles. The van der Waals surface area contributed by atoms with Crippen LogP contribution in [-0.4, -0.2) is 37.7 Å². The van der Waals surface area contributed by atoms with Crippen molar-refractivity contribution in [3.8, 4) is 11.8 Å². The van der Waals surface area contributed by atoms with Crippen LogP contribution in [0.2, 0.25) is 0 Å². The Morgan fingerprint density at radius 3 is 2.25 bits per heavy atom. The van der Waals surface area contributed by atoms with E-state index in [1.54, 1.807) is 0 Å². The quantitative estimate of drug-likeness (QED) is 0.533. The molecule has 2 heteroatoms. The Balaban J connectivity index is 1.60. The van der Waals surface area contributed by atoms with E-state index in [1.807, 2.05) is 0 Å². The maximum atomic E-state index is 5.38. The van der Waals surface area contributed by atoms with Crippen LogP contribution in [0.15, 0.2) is 0 Å². The van der Waals surface area contributed by atoms with Crippen LogP contribution in [0.3, 0.4) is 0 Å². The van der Waals surface area contributed by atoms with Crippen LogP contribution in [0.1, 0.15) is 32.6 Å². The minimum atomic E-state index is 0.670. The van der Waals surface area contributed by atoms with Gasteiger partial charge in [0.1, 0.15) is 0 Å². The van der Waals surface area contributed by atoms with Gasteiger partial charge in [0, 0.05) is 25.0 Å². The minimum absolute atomic E-state index is 0.670. The molecule has 2 rings (SSSR count). The largest absolute Gasteiger partial charge is 0.380 e. The van der Waals surface area contributed by atoms with E-state index in [4.69, 9.17) is 4.74 Å². The van der Waals surface area contributed by atoms with Gasteiger partial charge in [0.05, 0.1) is 6.61 Å². The number of likely N-dealkylation sites (tertiary alicyclic amines) is 1. The Labute approximate surface area is 99.3 Å². The topological polar surface area (TPSA) is 12.5 Å². The van der Waals surface area contributed by atoms with Gasteiger partial charge in [-0.25, -0.2) is 0 Å². The maximum Gasteiger partial charge on any atom is 0.0593 e. The van der Waals surface area contributed by atoms with Gasteiger partial charge in [0.2, 0.25) is 0 Å². The summed E-state index contributed by atoms with van der Waals surface area (Å²) in [7, 11) is 0. The molecule has 0 atom stereocenters. The molecule has 0 amide bonds. The van der Waals surface area contributed by atoms with Crippen molar-refractivity contribution in [3.05, 3.63) is 0 Å². The van der Waals surface area contributed by atoms with Crippen molar-refractivity contribution in [1.82, 2.24) is 4.90 Å². The predicted octanol–water partition coefficient (Wildman–Crippen LogP) is 2.15. The average molecular weight is 221 g/mol. The molecule has 16 heavy (non-hydrogen) atoms. The molecule has 0 aromatic carbocycles. The summed E-state index contributed by atoms with van der Waals surface area (Å²) in [6.07, 6.45) is 5.21. The van der Waals surface area contributed by atoms with E-state index in [0.717, 1.165) is 25.7 Å². The third-order valence-corrected chi connectivity index (χ3v) is 3.41. The lowest BCUT2D eigenvalue weighted by atomic mass is 9.97. The zero-order chi connectivity index (χ0) is 11.2. The van der Waals surface area contributed by atoms with Gasteiger partial charge >= 0.3 is 0 Å². The summed E-state index contributed by atoms with van der Waals surface area (Å²) in [4.78, 5) is 2.50. The first kappa shape index (κ1) is 12.0. The Kier molecular flexibility index (Phi) is 4.69. The molecule has 2 aliphatic rings. The summed E-state index contributed by atoms with van der Waals surface area (Å²) >= 11 is 0. The molecule has 0 unspecified atom stereocenters. The molecule has 0 radical (unpaired) electrons. The number of rotatable bonds is 4. The van der Waals surface area contributed by atoms with E-state index in [-0.39, 0.29) is 0 Å². The van der Waals surface area contributed by atoms with E-state index in [9.17, 15) is 0 Å². The minimum Gasteiger partial charge on any atom is -0.380 e. The molecule has 90 valence electrons. The molecule has 1 saturated carbocycles. The van der Waals surface area contributed by atoms with Crippen molar-refractivity contribution in [2.75, 3.05) is 32.8 Å². The van der Waals surface area contributed by atoms with Gasteiger partial charge in [-0.2, -0.15) is 0 Å². The van der Waals surface area contributed by atoms with Crippen LogP contribution >= 0.6 is 0 Å². The fraction of sp³-hybridized carbons (Fsp3) is 0.857. The molecule has 0 bridgehead atoms. The Morgan fingerprint density at radius 2 is 1.69 bits per heavy atom. The monoisotopic (exact) mass is 221 g/mol. The molecular formula is C14H23NO. The van der Waals surface area contributed by atoms with E-state index < -0.39 is 0 Å². The molecule has 0 aromatic rings. The predicted molar refractivity (Wildman–Crippen MR) is 66.2 cm³/mol. The van der Waals surface area contributed by atoms with Crippen LogP contribution < -0.4 is 0 Å². The van der Waals surface area contributed by atoms with Gasteiger partial charge in [-0.3, -0.25) is 0 Å². The standard InChI is InChI=1S/C14H23NO/c1-2-16-12-11-15-9-7-14(8-10-15)6-5-13-3-4-13/h13-14H,2-4,7-12H2,1H3. The van der Waals surface area contributed by atoms with Crippen LogP contribution in [0.25, 0.3) is 0 Å². The summed E-state index contributed by atoms with van der Waals surface area (Å²) < 4.78 is 5.38. The molecule has 1 heterocycles. The second-order valence-electron chi connectivity index (χ2n) is 4.88. The van der Waals surface area contributed by atoms with Crippen LogP contribution in [0, 0.1) is 23.7 Å². The lowest BCUT2D eigenvalue weighted by Gasteiger charge is -2.29. The first-order valence-electron chi connectivity index (χ1n) is 6.69. The van der Waals surface area contributed by atoms with E-state index in [2.05, 4.69) is 23.7 Å². The zero-order valence-corrected chi connectivity index (χ0v) is 10.4. The van der Waals surface area contributed by atoms with Crippen LogP contribution in [-0.2, 0) is 4.74 Å². The van der Waals surface area contributed by atoms with Crippen molar-refractivity contribution in [2.24, 2.45) is 11.8 Å². The van der Waals surface area contributed by atoms with E-state index >= 15 is 0 Å². The molecule has 0 spiro atoms. The summed E-state index contributed by atoms with van der Waals surface area (Å²) in [6, 6.07) is 0. The van der Waals surface area contributed by atoms with Gasteiger partial charge in [-0.1, -0.05) is 11.8 Å². The van der Waals surface area contributed by atoms with Crippen molar-refractivity contribution < 1.29 is 4.74 Å². The number of ether oxygens (including phenoxy) is 1. The van der Waals surface area contributed by atoms with Crippen molar-refractivity contribution in [2.45, 2.75) is 32.6 Å². The molecular weight excluding hydrogens is 198 g/mol. The number of piperidine rings is 1. The van der Waals surface area contributed by atoms with E-state index in [1.165, 1.54) is 38.8 Å². The Hall–Kier alpha value is -0.520. The SMILES string of the molecule is CCOCCN1CCC(C#CC2CC2)CC1. The van der Waals surface area contributed by atoms with E-state index in [0.29, 0.717) is 5.92 Å². The number of nitrogens with zero attached hydrogens (tertiary/aromatic N) is 1. The highest BCUT2D eigenvalue weighted by Crippen LogP contribution is 2.28. The lowest BCUT2D eigenvalue weighted by molar-refractivity contribution is 0.101. The fourth-order valence-corrected chi connectivity index (χ4v) is 2.10. The number of hydrogen-bond donors (Lipinski definition) is 0. The molecule has 1 aliphatic heterocycles. The number of hydrogen-bond acceptors (Lipinski definition) is 2. The summed E-state index contributed by atoms with van der Waals surface area (Å²) in [6.45, 7) is 7.28. The van der Waals surface area contributed by atoms with Crippen molar-refractivity contribution in [1.29, 1.82) is 0 Å². The normalized spacial score (nSPS) is 22.8. The van der Waals surface area contributed by atoms with Crippen molar-refractivity contribution >= 4 is 0 Å². The molecule has 1 aliphatic carbocycles. The Morgan fingerprint density at radius 1 is 1.06 bits per heavy atom. The molecule has 0 aromatic heterocycles. The molecule has 2 nitrogen and oxygen atoms in total. The highest BCUT2D eigenvalue weighted by Gasteiger charge is 2.20. The summed E-state index contributed by atoms with van der Waals surface area (Å²) in [5.41, 5.74) is 0. The van der Waals surface area contributed by atoms with Crippen molar-refractivity contribution in [3.63, 3.8) is 0 Å². The van der Waals surface area contributed by atoms with Crippen LogP contribution in [0.5, 0.6) is 0 Å². The molecule has 2 fully saturated rings.